The molecule has 1 N–H and O–H groups in total. The number of phenols is 1. The van der Waals surface area contributed by atoms with Gasteiger partial charge in [-0.3, -0.25) is 24.2 Å². The molecule has 3 fully saturated rings. The Morgan fingerprint density at radius 2 is 1.62 bits per heavy atom. The molecule has 2 aromatic carbocycles. The van der Waals surface area contributed by atoms with E-state index < -0.39 is 76.3 Å². The summed E-state index contributed by atoms with van der Waals surface area (Å²) in [5.74, 6) is -6.98. The van der Waals surface area contributed by atoms with Crippen molar-refractivity contribution in [2.45, 2.75) is 31.9 Å². The number of anilines is 2. The molecular weight excluding hydrogens is 637 g/mol. The first-order chi connectivity index (χ1) is 22.3. The molecule has 1 saturated carbocycles. The van der Waals surface area contributed by atoms with Crippen LogP contribution in [0.5, 0.6) is 5.75 Å². The fourth-order valence-electron chi connectivity index (χ4n) is 8.10. The first-order valence-electron chi connectivity index (χ1n) is 15.0. The fourth-order valence-corrected chi connectivity index (χ4v) is 8.33. The van der Waals surface area contributed by atoms with Crippen molar-refractivity contribution in [1.82, 2.24) is 9.99 Å². The number of alkyl halides is 3. The van der Waals surface area contributed by atoms with Gasteiger partial charge in [-0.25, -0.2) is 9.88 Å². The molecule has 2 aliphatic heterocycles. The summed E-state index contributed by atoms with van der Waals surface area (Å²) in [6, 6.07) is 16.8. The van der Waals surface area contributed by atoms with Gasteiger partial charge in [0.05, 0.1) is 33.9 Å². The zero-order valence-electron chi connectivity index (χ0n) is 25.1. The van der Waals surface area contributed by atoms with Gasteiger partial charge < -0.3 is 5.11 Å². The second-order valence-electron chi connectivity index (χ2n) is 12.6. The van der Waals surface area contributed by atoms with Gasteiger partial charge in [-0.1, -0.05) is 59.6 Å². The van der Waals surface area contributed by atoms with Gasteiger partial charge in [0, 0.05) is 18.5 Å². The van der Waals surface area contributed by atoms with Gasteiger partial charge in [-0.2, -0.15) is 18.2 Å². The zero-order chi connectivity index (χ0) is 33.6. The van der Waals surface area contributed by atoms with Crippen LogP contribution in [0.25, 0.3) is 0 Å². The lowest BCUT2D eigenvalue weighted by Gasteiger charge is -2.49. The van der Waals surface area contributed by atoms with Crippen LogP contribution in [0.1, 0.15) is 36.9 Å². The van der Waals surface area contributed by atoms with Crippen molar-refractivity contribution in [2.24, 2.45) is 29.1 Å². The number of phenolic OH excluding ortho intramolecular Hbond substituents is 1. The van der Waals surface area contributed by atoms with E-state index >= 15 is 0 Å². The number of aromatic hydroxyl groups is 1. The second kappa shape index (κ2) is 10.7. The molecule has 0 radical (unpaired) electrons. The van der Waals surface area contributed by atoms with Gasteiger partial charge in [0.1, 0.15) is 11.4 Å². The van der Waals surface area contributed by atoms with Crippen molar-refractivity contribution in [1.29, 1.82) is 0 Å². The predicted molar refractivity (Wildman–Crippen MR) is 164 cm³/mol. The highest BCUT2D eigenvalue weighted by molar-refractivity contribution is 6.33. The average molecular weight is 665 g/mol. The smallest absolute Gasteiger partial charge is 0.433 e. The molecule has 1 aromatic heterocycles. The summed E-state index contributed by atoms with van der Waals surface area (Å²) in [7, 11) is 1.25. The summed E-state index contributed by atoms with van der Waals surface area (Å²) >= 11 is 6.22. The van der Waals surface area contributed by atoms with Gasteiger partial charge >= 0.3 is 6.18 Å². The molecule has 242 valence electrons. The van der Waals surface area contributed by atoms with E-state index in [2.05, 4.69) is 4.98 Å². The maximum Gasteiger partial charge on any atom is 0.433 e. The second-order valence-corrected chi connectivity index (χ2v) is 13.0. The minimum absolute atomic E-state index is 0.0701. The molecule has 0 spiro atoms. The Morgan fingerprint density at radius 1 is 0.936 bits per heavy atom. The summed E-state index contributed by atoms with van der Waals surface area (Å²) in [5, 5.41) is 12.6. The molecule has 3 aromatic rings. The maximum absolute atomic E-state index is 14.4. The molecule has 13 heteroatoms. The molecule has 2 saturated heterocycles. The van der Waals surface area contributed by atoms with Crippen molar-refractivity contribution in [3.63, 3.8) is 0 Å². The van der Waals surface area contributed by atoms with E-state index in [-0.39, 0.29) is 23.6 Å². The Hall–Kier alpha value is -4.71. The Morgan fingerprint density at radius 3 is 2.30 bits per heavy atom. The number of carbonyl (C=O) groups excluding carboxylic acids is 4. The van der Waals surface area contributed by atoms with Gasteiger partial charge in [-0.05, 0) is 56.0 Å². The lowest BCUT2D eigenvalue weighted by atomic mass is 9.51. The third kappa shape index (κ3) is 4.41. The van der Waals surface area contributed by atoms with Crippen LogP contribution in [0.15, 0.2) is 78.4 Å². The highest BCUT2D eigenvalue weighted by atomic mass is 35.5. The topological polar surface area (TPSA) is 111 Å². The summed E-state index contributed by atoms with van der Waals surface area (Å²) in [5.41, 5.74) is -1.11. The van der Waals surface area contributed by atoms with E-state index in [0.717, 1.165) is 21.0 Å². The Balaban J connectivity index is 1.32. The number of fused-ring (bicyclic) bond motifs is 4. The molecular formula is C34H28ClF3N4O5. The number of nitrogens with zero attached hydrogens (tertiary/aromatic N) is 4. The molecule has 4 amide bonds. The third-order valence-electron chi connectivity index (χ3n) is 10.2. The van der Waals surface area contributed by atoms with Crippen LogP contribution >= 0.6 is 11.6 Å². The van der Waals surface area contributed by atoms with Crippen LogP contribution in [-0.2, 0) is 25.4 Å². The van der Waals surface area contributed by atoms with Crippen molar-refractivity contribution in [3.8, 4) is 5.75 Å². The van der Waals surface area contributed by atoms with Crippen molar-refractivity contribution in [3.05, 3.63) is 94.7 Å². The van der Waals surface area contributed by atoms with Gasteiger partial charge in [0.15, 0.2) is 5.82 Å². The molecule has 9 nitrogen and oxygen atoms in total. The SMILES string of the molecule is CN(c1nc(C(F)(F)F)ccc1Cl)N1C(=O)[C@H]2[C@H](CC=C3[C@H]2C[C@H]2C(=O)N(c4ccccc4)C(=O)[C@@]2(C)[C@H]3c2ccccc2O)C1=O. The lowest BCUT2D eigenvalue weighted by molar-refractivity contribution is -0.141. The number of hydrogen-bond acceptors (Lipinski definition) is 7. The number of para-hydroxylation sites is 2. The molecule has 47 heavy (non-hydrogen) atoms. The Labute approximate surface area is 272 Å². The van der Waals surface area contributed by atoms with E-state index in [1.165, 1.54) is 13.1 Å². The van der Waals surface area contributed by atoms with E-state index in [9.17, 15) is 37.5 Å². The minimum Gasteiger partial charge on any atom is -0.508 e. The predicted octanol–water partition coefficient (Wildman–Crippen LogP) is 5.74. The number of aromatic nitrogens is 1. The number of benzene rings is 2. The van der Waals surface area contributed by atoms with Crippen LogP contribution < -0.4 is 9.91 Å². The number of halogens is 4. The summed E-state index contributed by atoms with van der Waals surface area (Å²) in [6.45, 7) is 1.71. The molecule has 0 unspecified atom stereocenters. The van der Waals surface area contributed by atoms with E-state index in [1.807, 2.05) is 6.08 Å². The highest BCUT2D eigenvalue weighted by Crippen LogP contribution is 2.64. The van der Waals surface area contributed by atoms with E-state index in [1.54, 1.807) is 55.5 Å². The Kier molecular flexibility index (Phi) is 7.01. The van der Waals surface area contributed by atoms with Crippen LogP contribution in [0.3, 0.4) is 0 Å². The van der Waals surface area contributed by atoms with Gasteiger partial charge in [0.25, 0.3) is 11.8 Å². The molecule has 0 bridgehead atoms. The maximum atomic E-state index is 14.4. The molecule has 6 atom stereocenters. The number of hydrazine groups is 1. The molecule has 2 aliphatic carbocycles. The van der Waals surface area contributed by atoms with E-state index in [4.69, 9.17) is 11.6 Å². The number of carbonyl (C=O) groups is 4. The molecule has 7 rings (SSSR count). The van der Waals surface area contributed by atoms with Crippen LogP contribution in [0, 0.1) is 29.1 Å². The number of pyridine rings is 1. The first-order valence-corrected chi connectivity index (χ1v) is 15.4. The van der Waals surface area contributed by atoms with Crippen molar-refractivity contribution >= 4 is 46.7 Å². The summed E-state index contributed by atoms with van der Waals surface area (Å²) in [6.07, 6.45) is -2.81. The van der Waals surface area contributed by atoms with Gasteiger partial charge in [0.2, 0.25) is 11.8 Å². The highest BCUT2D eigenvalue weighted by Gasteiger charge is 2.68. The number of hydrogen-bond donors (Lipinski definition) is 1. The Bertz CT molecular complexity index is 1880. The summed E-state index contributed by atoms with van der Waals surface area (Å²) < 4.78 is 40.5. The molecule has 4 aliphatic rings. The average Bonchev–Trinajstić information content (AvgIpc) is 3.40. The third-order valence-corrected chi connectivity index (χ3v) is 10.5. The van der Waals surface area contributed by atoms with Crippen LogP contribution in [0.4, 0.5) is 24.7 Å². The number of rotatable bonds is 4. The normalized spacial score (nSPS) is 28.6. The zero-order valence-corrected chi connectivity index (χ0v) is 25.9. The molecule has 3 heterocycles. The van der Waals surface area contributed by atoms with Gasteiger partial charge in [-0.15, -0.1) is 0 Å². The van der Waals surface area contributed by atoms with E-state index in [0.29, 0.717) is 22.9 Å². The largest absolute Gasteiger partial charge is 0.508 e. The first kappa shape index (κ1) is 30.9. The monoisotopic (exact) mass is 664 g/mol. The number of amides is 4. The fraction of sp³-hybridized carbons (Fsp3) is 0.324. The minimum atomic E-state index is -4.79. The number of allylic oxidation sites excluding steroid dienone is 2. The lowest BCUT2D eigenvalue weighted by Crippen LogP contribution is -2.49. The van der Waals surface area contributed by atoms with Crippen LogP contribution in [0.2, 0.25) is 5.02 Å². The van der Waals surface area contributed by atoms with Crippen LogP contribution in [-0.4, -0.2) is 45.8 Å². The summed E-state index contributed by atoms with van der Waals surface area (Å²) in [4.78, 5) is 61.4. The van der Waals surface area contributed by atoms with Crippen molar-refractivity contribution in [2.75, 3.05) is 17.0 Å². The quantitative estimate of drug-likeness (QED) is 0.280. The van der Waals surface area contributed by atoms with Crippen molar-refractivity contribution < 1.29 is 37.5 Å². The number of imide groups is 2. The standard InChI is InChI=1S/C34H28ClF3N4O5/c1-33-22(30(45)41(32(33)47)17-8-4-3-5-9-17)16-21-18(27(33)19-10-6-7-11-24(19)43)12-13-20-26(21)31(46)42(29(20)44)40(2)28-23(35)14-15-25(39-28)34(36,37)38/h3-12,14-15,20-22,26-27,43H,13,16H2,1-2H3/t20-,21+,22-,26-,27+,33+/m0/s1.